The van der Waals surface area contributed by atoms with Crippen LogP contribution in [0.4, 0.5) is 4.39 Å². The predicted molar refractivity (Wildman–Crippen MR) is 85.3 cm³/mol. The van der Waals surface area contributed by atoms with Gasteiger partial charge in [-0.2, -0.15) is 0 Å². The lowest BCUT2D eigenvalue weighted by Gasteiger charge is -2.22. The minimum absolute atomic E-state index is 0.264. The fourth-order valence-electron chi connectivity index (χ4n) is 1.77. The molecule has 0 spiro atoms. The van der Waals surface area contributed by atoms with Gasteiger partial charge in [-0.25, -0.2) is 17.5 Å². The SMILES string of the molecule is CC(C)(C)NS(=O)(=O)c1cc(C(=O)C(C)(C)C)c(F)cc1Cl. The zero-order chi connectivity index (χ0) is 17.5. The second-order valence-corrected chi connectivity index (χ2v) is 9.26. The van der Waals surface area contributed by atoms with E-state index in [2.05, 4.69) is 4.72 Å². The van der Waals surface area contributed by atoms with Crippen LogP contribution in [0.1, 0.15) is 51.9 Å². The molecule has 0 aliphatic carbocycles. The molecule has 1 rings (SSSR count). The summed E-state index contributed by atoms with van der Waals surface area (Å²) in [5, 5.41) is -0.264. The van der Waals surface area contributed by atoms with Gasteiger partial charge in [0, 0.05) is 11.0 Å². The number of ketones is 1. The maximum absolute atomic E-state index is 14.0. The summed E-state index contributed by atoms with van der Waals surface area (Å²) in [5.41, 5.74) is -1.86. The van der Waals surface area contributed by atoms with Gasteiger partial charge in [-0.15, -0.1) is 0 Å². The van der Waals surface area contributed by atoms with Gasteiger partial charge < -0.3 is 0 Å². The van der Waals surface area contributed by atoms with Crippen LogP contribution >= 0.6 is 11.6 Å². The lowest BCUT2D eigenvalue weighted by Crippen LogP contribution is -2.40. The van der Waals surface area contributed by atoms with Crippen LogP contribution in [0, 0.1) is 11.2 Å². The van der Waals surface area contributed by atoms with E-state index in [-0.39, 0.29) is 15.5 Å². The number of benzene rings is 1. The molecular formula is C15H21ClFNO3S. The van der Waals surface area contributed by atoms with Crippen molar-refractivity contribution in [3.8, 4) is 0 Å². The molecule has 0 unspecified atom stereocenters. The van der Waals surface area contributed by atoms with Gasteiger partial charge in [0.1, 0.15) is 10.7 Å². The van der Waals surface area contributed by atoms with Gasteiger partial charge in [0.2, 0.25) is 10.0 Å². The van der Waals surface area contributed by atoms with Crippen molar-refractivity contribution in [2.75, 3.05) is 0 Å². The smallest absolute Gasteiger partial charge is 0.242 e. The number of hydrogen-bond donors (Lipinski definition) is 1. The van der Waals surface area contributed by atoms with E-state index in [1.54, 1.807) is 41.5 Å². The van der Waals surface area contributed by atoms with Crippen LogP contribution in [0.15, 0.2) is 17.0 Å². The summed E-state index contributed by atoms with van der Waals surface area (Å²) in [6.45, 7) is 9.90. The Morgan fingerprint density at radius 1 is 1.14 bits per heavy atom. The highest BCUT2D eigenvalue weighted by atomic mass is 35.5. The molecule has 0 heterocycles. The summed E-state index contributed by atoms with van der Waals surface area (Å²) < 4.78 is 41.2. The highest BCUT2D eigenvalue weighted by Crippen LogP contribution is 2.30. The van der Waals surface area contributed by atoms with E-state index in [4.69, 9.17) is 11.6 Å². The zero-order valence-electron chi connectivity index (χ0n) is 13.5. The van der Waals surface area contributed by atoms with Crippen molar-refractivity contribution in [3.63, 3.8) is 0 Å². The molecule has 0 radical (unpaired) electrons. The summed E-state index contributed by atoms with van der Waals surface area (Å²) in [5.74, 6) is -1.33. The molecule has 4 nitrogen and oxygen atoms in total. The number of rotatable bonds is 3. The van der Waals surface area contributed by atoms with Crippen molar-refractivity contribution in [2.24, 2.45) is 5.41 Å². The van der Waals surface area contributed by atoms with E-state index in [9.17, 15) is 17.6 Å². The highest BCUT2D eigenvalue weighted by molar-refractivity contribution is 7.89. The first-order valence-corrected chi connectivity index (χ1v) is 8.59. The van der Waals surface area contributed by atoms with Gasteiger partial charge in [0.25, 0.3) is 0 Å². The average Bonchev–Trinajstić information content (AvgIpc) is 2.22. The van der Waals surface area contributed by atoms with Crippen LogP contribution in [-0.2, 0) is 10.0 Å². The van der Waals surface area contributed by atoms with Gasteiger partial charge >= 0.3 is 0 Å². The molecule has 0 aliphatic heterocycles. The van der Waals surface area contributed by atoms with Crippen molar-refractivity contribution in [3.05, 3.63) is 28.5 Å². The van der Waals surface area contributed by atoms with Crippen molar-refractivity contribution in [1.82, 2.24) is 4.72 Å². The third-order valence-corrected chi connectivity index (χ3v) is 4.90. The van der Waals surface area contributed by atoms with E-state index >= 15 is 0 Å². The molecule has 0 bridgehead atoms. The minimum atomic E-state index is -3.97. The molecule has 0 amide bonds. The fourth-order valence-corrected chi connectivity index (χ4v) is 3.73. The van der Waals surface area contributed by atoms with E-state index in [0.29, 0.717) is 0 Å². The standard InChI is InChI=1S/C15H21ClFNO3S/c1-14(2,3)13(19)9-7-12(10(16)8-11(9)17)22(20,21)18-15(4,5)6/h7-8,18H,1-6H3. The van der Waals surface area contributed by atoms with Gasteiger partial charge in [-0.3, -0.25) is 4.79 Å². The Hall–Kier alpha value is -0.980. The van der Waals surface area contributed by atoms with Crippen LogP contribution in [0.25, 0.3) is 0 Å². The van der Waals surface area contributed by atoms with Crippen molar-refractivity contribution in [1.29, 1.82) is 0 Å². The Labute approximate surface area is 136 Å². The fraction of sp³-hybridized carbons (Fsp3) is 0.533. The predicted octanol–water partition coefficient (Wildman–Crippen LogP) is 3.78. The topological polar surface area (TPSA) is 63.2 Å². The lowest BCUT2D eigenvalue weighted by molar-refractivity contribution is 0.0853. The zero-order valence-corrected chi connectivity index (χ0v) is 15.1. The van der Waals surface area contributed by atoms with E-state index in [0.717, 1.165) is 12.1 Å². The Morgan fingerprint density at radius 2 is 1.64 bits per heavy atom. The molecule has 0 saturated heterocycles. The Kier molecular flexibility index (Phi) is 5.12. The molecule has 1 aromatic carbocycles. The van der Waals surface area contributed by atoms with Crippen molar-refractivity contribution >= 4 is 27.4 Å². The van der Waals surface area contributed by atoms with Crippen LogP contribution in [0.5, 0.6) is 0 Å². The molecule has 22 heavy (non-hydrogen) atoms. The molecule has 1 N–H and O–H groups in total. The number of nitrogens with one attached hydrogen (secondary N) is 1. The number of halogens is 2. The largest absolute Gasteiger partial charge is 0.293 e. The van der Waals surface area contributed by atoms with Crippen molar-refractivity contribution < 1.29 is 17.6 Å². The average molecular weight is 350 g/mol. The second kappa shape index (κ2) is 5.91. The number of carbonyl (C=O) groups excluding carboxylic acids is 1. The first kappa shape index (κ1) is 19.1. The van der Waals surface area contributed by atoms with Gasteiger partial charge in [-0.05, 0) is 32.9 Å². The molecule has 0 saturated carbocycles. The maximum atomic E-state index is 14.0. The summed E-state index contributed by atoms with van der Waals surface area (Å²) in [4.78, 5) is 12.0. The molecular weight excluding hydrogens is 329 g/mol. The summed E-state index contributed by atoms with van der Waals surface area (Å²) >= 11 is 5.86. The van der Waals surface area contributed by atoms with E-state index < -0.39 is 32.6 Å². The Morgan fingerprint density at radius 3 is 2.05 bits per heavy atom. The molecule has 7 heteroatoms. The van der Waals surface area contributed by atoms with E-state index in [1.807, 2.05) is 0 Å². The molecule has 0 atom stereocenters. The first-order chi connectivity index (χ1) is 9.65. The monoisotopic (exact) mass is 349 g/mol. The summed E-state index contributed by atoms with van der Waals surface area (Å²) in [6.07, 6.45) is 0. The molecule has 0 fully saturated rings. The van der Waals surface area contributed by atoms with Gasteiger partial charge in [-0.1, -0.05) is 32.4 Å². The molecule has 1 aromatic rings. The minimum Gasteiger partial charge on any atom is -0.293 e. The van der Waals surface area contributed by atoms with Gasteiger partial charge in [0.05, 0.1) is 10.6 Å². The van der Waals surface area contributed by atoms with E-state index in [1.165, 1.54) is 0 Å². The molecule has 124 valence electrons. The van der Waals surface area contributed by atoms with Crippen molar-refractivity contribution in [2.45, 2.75) is 52.0 Å². The molecule has 0 aliphatic rings. The normalized spacial score (nSPS) is 13.3. The third kappa shape index (κ3) is 4.51. The Balaban J connectivity index is 3.50. The lowest BCUT2D eigenvalue weighted by atomic mass is 9.86. The number of hydrogen-bond acceptors (Lipinski definition) is 3. The van der Waals surface area contributed by atoms with Crippen LogP contribution < -0.4 is 4.72 Å². The number of Topliss-reactive ketones (excluding diaryl/α,β-unsaturated/α-hetero) is 1. The van der Waals surface area contributed by atoms with Crippen LogP contribution in [0.2, 0.25) is 5.02 Å². The number of carbonyl (C=O) groups is 1. The van der Waals surface area contributed by atoms with Crippen LogP contribution in [0.3, 0.4) is 0 Å². The first-order valence-electron chi connectivity index (χ1n) is 6.73. The summed E-state index contributed by atoms with van der Waals surface area (Å²) in [7, 11) is -3.97. The van der Waals surface area contributed by atoms with Crippen LogP contribution in [-0.4, -0.2) is 19.7 Å². The second-order valence-electron chi connectivity index (χ2n) is 7.20. The highest BCUT2D eigenvalue weighted by Gasteiger charge is 2.30. The quantitative estimate of drug-likeness (QED) is 0.844. The van der Waals surface area contributed by atoms with Gasteiger partial charge in [0.15, 0.2) is 5.78 Å². The maximum Gasteiger partial charge on any atom is 0.242 e. The third-order valence-electron chi connectivity index (χ3n) is 2.68. The Bertz CT molecular complexity index is 701. The number of sulfonamides is 1. The summed E-state index contributed by atoms with van der Waals surface area (Å²) in [6, 6.07) is 1.86. The molecule has 0 aromatic heterocycles.